The molecule has 2 aromatic carbocycles. The Balaban J connectivity index is 1.47. The fraction of sp³-hybridized carbons (Fsp3) is 0.222. The van der Waals surface area contributed by atoms with Crippen molar-refractivity contribution in [3.63, 3.8) is 0 Å². The first-order valence-corrected chi connectivity index (χ1v) is 8.70. The SMILES string of the molecule is Cc1cc(NC(=O)Cc2cc(Cl)c3c(c2)OCCO3)ccc1-n1cnnn1. The van der Waals surface area contributed by atoms with Crippen molar-refractivity contribution in [3.05, 3.63) is 52.8 Å². The van der Waals surface area contributed by atoms with Crippen molar-refractivity contribution in [2.75, 3.05) is 18.5 Å². The normalized spacial score (nSPS) is 12.7. The summed E-state index contributed by atoms with van der Waals surface area (Å²) in [7, 11) is 0. The Hall–Kier alpha value is -3.13. The number of aromatic nitrogens is 4. The molecule has 0 unspecified atom stereocenters. The number of aryl methyl sites for hydroxylation is 1. The van der Waals surface area contributed by atoms with Crippen molar-refractivity contribution in [3.8, 4) is 17.2 Å². The molecule has 3 aromatic rings. The molecule has 0 aliphatic carbocycles. The zero-order valence-electron chi connectivity index (χ0n) is 14.5. The molecule has 1 aliphatic heterocycles. The van der Waals surface area contributed by atoms with E-state index in [0.717, 1.165) is 16.8 Å². The van der Waals surface area contributed by atoms with Crippen LogP contribution in [0.3, 0.4) is 0 Å². The van der Waals surface area contributed by atoms with Gasteiger partial charge in [-0.15, -0.1) is 5.10 Å². The molecule has 0 bridgehead atoms. The maximum absolute atomic E-state index is 12.4. The van der Waals surface area contributed by atoms with Gasteiger partial charge in [0.1, 0.15) is 19.5 Å². The molecular formula is C18H16ClN5O3. The highest BCUT2D eigenvalue weighted by Crippen LogP contribution is 2.38. The highest BCUT2D eigenvalue weighted by atomic mass is 35.5. The number of fused-ring (bicyclic) bond motifs is 1. The minimum atomic E-state index is -0.155. The van der Waals surface area contributed by atoms with Crippen LogP contribution in [0.1, 0.15) is 11.1 Å². The van der Waals surface area contributed by atoms with Crippen LogP contribution in [0.4, 0.5) is 5.69 Å². The second-order valence-corrected chi connectivity index (χ2v) is 6.49. The van der Waals surface area contributed by atoms with Gasteiger partial charge in [0.15, 0.2) is 11.5 Å². The van der Waals surface area contributed by atoms with Gasteiger partial charge in [-0.05, 0) is 58.8 Å². The number of halogens is 1. The molecule has 0 spiro atoms. The lowest BCUT2D eigenvalue weighted by atomic mass is 10.1. The standard InChI is InChI=1S/C18H16ClN5O3/c1-11-6-13(2-3-15(11)24-10-20-22-23-24)21-17(25)9-12-7-14(19)18-16(8-12)26-4-5-27-18/h2-3,6-8,10H,4-5,9H2,1H3,(H,21,25). The molecular weight excluding hydrogens is 370 g/mol. The Bertz CT molecular complexity index is 991. The predicted octanol–water partition coefficient (Wildman–Crippen LogP) is 2.58. The topological polar surface area (TPSA) is 91.2 Å². The summed E-state index contributed by atoms with van der Waals surface area (Å²) in [5.41, 5.74) is 3.22. The van der Waals surface area contributed by atoms with Gasteiger partial charge in [0.25, 0.3) is 0 Å². The first-order valence-electron chi connectivity index (χ1n) is 8.32. The maximum Gasteiger partial charge on any atom is 0.228 e. The van der Waals surface area contributed by atoms with Gasteiger partial charge < -0.3 is 14.8 Å². The van der Waals surface area contributed by atoms with Crippen LogP contribution in [0.2, 0.25) is 5.02 Å². The summed E-state index contributed by atoms with van der Waals surface area (Å²) in [6, 6.07) is 9.03. The second kappa shape index (κ2) is 7.24. The second-order valence-electron chi connectivity index (χ2n) is 6.08. The molecule has 4 rings (SSSR count). The summed E-state index contributed by atoms with van der Waals surface area (Å²) < 4.78 is 12.6. The molecule has 0 atom stereocenters. The van der Waals surface area contributed by atoms with Gasteiger partial charge in [0.05, 0.1) is 17.1 Å². The molecule has 1 aliphatic rings. The lowest BCUT2D eigenvalue weighted by Crippen LogP contribution is -2.17. The van der Waals surface area contributed by atoms with Crippen LogP contribution in [0.25, 0.3) is 5.69 Å². The first-order chi connectivity index (χ1) is 13.1. The van der Waals surface area contributed by atoms with E-state index in [4.69, 9.17) is 21.1 Å². The molecule has 0 fully saturated rings. The summed E-state index contributed by atoms with van der Waals surface area (Å²) in [4.78, 5) is 12.4. The number of carbonyl (C=O) groups is 1. The van der Waals surface area contributed by atoms with Gasteiger partial charge in [-0.1, -0.05) is 11.6 Å². The van der Waals surface area contributed by atoms with Gasteiger partial charge in [-0.2, -0.15) is 0 Å². The zero-order valence-corrected chi connectivity index (χ0v) is 15.2. The van der Waals surface area contributed by atoms with E-state index >= 15 is 0 Å². The predicted molar refractivity (Wildman–Crippen MR) is 98.7 cm³/mol. The number of ether oxygens (including phenoxy) is 2. The Labute approximate surface area is 160 Å². The molecule has 8 nitrogen and oxygen atoms in total. The molecule has 0 saturated heterocycles. The van der Waals surface area contributed by atoms with Crippen molar-refractivity contribution in [2.45, 2.75) is 13.3 Å². The molecule has 0 radical (unpaired) electrons. The minimum absolute atomic E-state index is 0.155. The smallest absolute Gasteiger partial charge is 0.228 e. The zero-order chi connectivity index (χ0) is 18.8. The van der Waals surface area contributed by atoms with Crippen molar-refractivity contribution in [1.29, 1.82) is 0 Å². The van der Waals surface area contributed by atoms with Gasteiger partial charge in [0.2, 0.25) is 5.91 Å². The average molecular weight is 386 g/mol. The largest absolute Gasteiger partial charge is 0.486 e. The highest BCUT2D eigenvalue weighted by Gasteiger charge is 2.18. The lowest BCUT2D eigenvalue weighted by Gasteiger charge is -2.20. The van der Waals surface area contributed by atoms with Crippen LogP contribution >= 0.6 is 11.6 Å². The van der Waals surface area contributed by atoms with E-state index in [0.29, 0.717) is 35.4 Å². The van der Waals surface area contributed by atoms with Crippen molar-refractivity contribution in [1.82, 2.24) is 20.2 Å². The van der Waals surface area contributed by atoms with E-state index in [2.05, 4.69) is 20.8 Å². The van der Waals surface area contributed by atoms with Crippen molar-refractivity contribution >= 4 is 23.2 Å². The number of hydrogen-bond acceptors (Lipinski definition) is 6. The Morgan fingerprint density at radius 3 is 2.89 bits per heavy atom. The number of carbonyl (C=O) groups excluding carboxylic acids is 1. The first kappa shape index (κ1) is 17.3. The van der Waals surface area contributed by atoms with Crippen LogP contribution in [-0.2, 0) is 11.2 Å². The molecule has 0 saturated carbocycles. The summed E-state index contributed by atoms with van der Waals surface area (Å²) in [5.74, 6) is 0.941. The number of benzene rings is 2. The number of rotatable bonds is 4. The quantitative estimate of drug-likeness (QED) is 0.742. The van der Waals surface area contributed by atoms with E-state index in [1.807, 2.05) is 19.1 Å². The maximum atomic E-state index is 12.4. The Morgan fingerprint density at radius 1 is 1.26 bits per heavy atom. The molecule has 1 aromatic heterocycles. The van der Waals surface area contributed by atoms with E-state index in [9.17, 15) is 4.79 Å². The number of anilines is 1. The van der Waals surface area contributed by atoms with Gasteiger partial charge in [0, 0.05) is 5.69 Å². The monoisotopic (exact) mass is 385 g/mol. The Morgan fingerprint density at radius 2 is 2.11 bits per heavy atom. The number of nitrogens with zero attached hydrogens (tertiary/aromatic N) is 4. The molecule has 1 N–H and O–H groups in total. The van der Waals surface area contributed by atoms with E-state index in [1.165, 1.54) is 6.33 Å². The summed E-state index contributed by atoms with van der Waals surface area (Å²) in [6.07, 6.45) is 1.69. The molecule has 138 valence electrons. The number of amides is 1. The summed E-state index contributed by atoms with van der Waals surface area (Å²) >= 11 is 6.22. The number of tetrazole rings is 1. The van der Waals surface area contributed by atoms with Gasteiger partial charge in [-0.25, -0.2) is 4.68 Å². The summed E-state index contributed by atoms with van der Waals surface area (Å²) in [6.45, 7) is 2.85. The van der Waals surface area contributed by atoms with E-state index < -0.39 is 0 Å². The van der Waals surface area contributed by atoms with Crippen LogP contribution in [0.15, 0.2) is 36.7 Å². The van der Waals surface area contributed by atoms with Gasteiger partial charge in [-0.3, -0.25) is 4.79 Å². The third-order valence-electron chi connectivity index (χ3n) is 4.10. The van der Waals surface area contributed by atoms with E-state index in [1.54, 1.807) is 22.9 Å². The van der Waals surface area contributed by atoms with Crippen LogP contribution in [0.5, 0.6) is 11.5 Å². The Kier molecular flexibility index (Phi) is 4.64. The summed E-state index contributed by atoms with van der Waals surface area (Å²) in [5, 5.41) is 14.5. The highest BCUT2D eigenvalue weighted by molar-refractivity contribution is 6.32. The number of hydrogen-bond donors (Lipinski definition) is 1. The molecule has 2 heterocycles. The lowest BCUT2D eigenvalue weighted by molar-refractivity contribution is -0.115. The van der Waals surface area contributed by atoms with Crippen molar-refractivity contribution < 1.29 is 14.3 Å². The fourth-order valence-corrected chi connectivity index (χ4v) is 3.21. The third-order valence-corrected chi connectivity index (χ3v) is 4.38. The van der Waals surface area contributed by atoms with Crippen molar-refractivity contribution in [2.24, 2.45) is 0 Å². The van der Waals surface area contributed by atoms with E-state index in [-0.39, 0.29) is 12.3 Å². The van der Waals surface area contributed by atoms with Crippen LogP contribution < -0.4 is 14.8 Å². The third kappa shape index (κ3) is 3.70. The molecule has 9 heteroatoms. The molecule has 1 amide bonds. The fourth-order valence-electron chi connectivity index (χ4n) is 2.92. The minimum Gasteiger partial charge on any atom is -0.486 e. The average Bonchev–Trinajstić information content (AvgIpc) is 3.16. The van der Waals surface area contributed by atoms with Gasteiger partial charge >= 0.3 is 0 Å². The molecule has 27 heavy (non-hydrogen) atoms. The van der Waals surface area contributed by atoms with Crippen LogP contribution in [-0.4, -0.2) is 39.3 Å². The number of nitrogens with one attached hydrogen (secondary N) is 1. The van der Waals surface area contributed by atoms with Crippen LogP contribution in [0, 0.1) is 6.92 Å².